The van der Waals surface area contributed by atoms with E-state index in [-0.39, 0.29) is 0 Å². The number of hydrogen-bond donors (Lipinski definition) is 1. The Labute approximate surface area is 126 Å². The van der Waals surface area contributed by atoms with Crippen molar-refractivity contribution in [1.29, 1.82) is 0 Å². The van der Waals surface area contributed by atoms with Gasteiger partial charge in [-0.3, -0.25) is 0 Å². The van der Waals surface area contributed by atoms with Crippen molar-refractivity contribution < 1.29 is 8.42 Å². The maximum Gasteiger partial charge on any atom is 0.252 e. The van der Waals surface area contributed by atoms with Gasteiger partial charge < -0.3 is 5.32 Å². The van der Waals surface area contributed by atoms with E-state index in [1.165, 1.54) is 11.3 Å². The van der Waals surface area contributed by atoms with Gasteiger partial charge >= 0.3 is 0 Å². The first kappa shape index (κ1) is 15.9. The van der Waals surface area contributed by atoms with Crippen molar-refractivity contribution in [2.75, 3.05) is 19.6 Å². The quantitative estimate of drug-likeness (QED) is 0.908. The average Bonchev–Trinajstić information content (AvgIpc) is 2.79. The van der Waals surface area contributed by atoms with Crippen LogP contribution in [0.15, 0.2) is 10.3 Å². The van der Waals surface area contributed by atoms with Crippen LogP contribution in [0.2, 0.25) is 0 Å². The van der Waals surface area contributed by atoms with Gasteiger partial charge in [0.2, 0.25) is 0 Å². The lowest BCUT2D eigenvalue weighted by Gasteiger charge is -2.28. The fourth-order valence-electron chi connectivity index (χ4n) is 2.38. The molecular formula is C14H24N2O2S2. The molecule has 20 heavy (non-hydrogen) atoms. The van der Waals surface area contributed by atoms with E-state index in [9.17, 15) is 8.42 Å². The first-order valence-corrected chi connectivity index (χ1v) is 9.51. The molecule has 1 fully saturated rings. The number of nitrogens with zero attached hydrogens (tertiary/aromatic N) is 1. The molecule has 0 unspecified atom stereocenters. The van der Waals surface area contributed by atoms with Crippen LogP contribution in [0.5, 0.6) is 0 Å². The summed E-state index contributed by atoms with van der Waals surface area (Å²) in [7, 11) is -3.29. The lowest BCUT2D eigenvalue weighted by atomic mass is 10.0. The first-order chi connectivity index (χ1) is 9.45. The van der Waals surface area contributed by atoms with Crippen LogP contribution in [-0.2, 0) is 16.6 Å². The van der Waals surface area contributed by atoms with Crippen molar-refractivity contribution in [2.45, 2.75) is 44.4 Å². The minimum absolute atomic E-state index is 0.498. The number of hydrogen-bond acceptors (Lipinski definition) is 4. The Kier molecular flexibility index (Phi) is 5.23. The fraction of sp³-hybridized carbons (Fsp3) is 0.714. The predicted molar refractivity (Wildman–Crippen MR) is 83.6 cm³/mol. The molecular weight excluding hydrogens is 292 g/mol. The topological polar surface area (TPSA) is 49.4 Å². The molecule has 4 nitrogen and oxygen atoms in total. The van der Waals surface area contributed by atoms with Crippen molar-refractivity contribution in [3.63, 3.8) is 0 Å². The highest BCUT2D eigenvalue weighted by molar-refractivity contribution is 7.91. The van der Waals surface area contributed by atoms with E-state index in [1.54, 1.807) is 4.31 Å². The minimum Gasteiger partial charge on any atom is -0.312 e. The van der Waals surface area contributed by atoms with Crippen molar-refractivity contribution in [2.24, 2.45) is 5.92 Å². The number of rotatable bonds is 5. The Morgan fingerprint density at radius 1 is 1.40 bits per heavy atom. The molecule has 6 heteroatoms. The second-order valence-electron chi connectivity index (χ2n) is 5.54. The molecule has 1 N–H and O–H groups in total. The van der Waals surface area contributed by atoms with Gasteiger partial charge in [0, 0.05) is 24.5 Å². The van der Waals surface area contributed by atoms with E-state index in [2.05, 4.69) is 19.2 Å². The molecule has 2 rings (SSSR count). The van der Waals surface area contributed by atoms with Gasteiger partial charge in [-0.1, -0.05) is 13.8 Å². The van der Waals surface area contributed by atoms with Gasteiger partial charge in [0.1, 0.15) is 4.21 Å². The second-order valence-corrected chi connectivity index (χ2v) is 8.84. The van der Waals surface area contributed by atoms with E-state index in [1.807, 2.05) is 13.0 Å². The summed E-state index contributed by atoms with van der Waals surface area (Å²) < 4.78 is 27.4. The van der Waals surface area contributed by atoms with Gasteiger partial charge in [-0.15, -0.1) is 11.3 Å². The molecule has 0 aromatic carbocycles. The summed E-state index contributed by atoms with van der Waals surface area (Å²) in [6.07, 6.45) is 1.93. The second kappa shape index (κ2) is 6.56. The highest BCUT2D eigenvalue weighted by atomic mass is 32.2. The summed E-state index contributed by atoms with van der Waals surface area (Å²) >= 11 is 1.41. The molecule has 1 aromatic heterocycles. The van der Waals surface area contributed by atoms with E-state index >= 15 is 0 Å². The molecule has 0 spiro atoms. The third kappa shape index (κ3) is 3.42. The number of sulfonamides is 1. The number of nitrogens with one attached hydrogen (secondary N) is 1. The molecule has 1 aliphatic rings. The summed E-state index contributed by atoms with van der Waals surface area (Å²) in [6.45, 7) is 9.18. The molecule has 0 bridgehead atoms. The zero-order chi connectivity index (χ0) is 14.8. The minimum atomic E-state index is -3.29. The Balaban J connectivity index is 2.17. The molecule has 1 aliphatic heterocycles. The normalized spacial score (nSPS) is 18.6. The lowest BCUT2D eigenvalue weighted by molar-refractivity contribution is 0.288. The smallest absolute Gasteiger partial charge is 0.252 e. The number of aryl methyl sites for hydroxylation is 1. The highest BCUT2D eigenvalue weighted by Crippen LogP contribution is 2.30. The van der Waals surface area contributed by atoms with Crippen molar-refractivity contribution >= 4 is 21.4 Å². The van der Waals surface area contributed by atoms with Crippen LogP contribution in [0.1, 0.15) is 37.1 Å². The summed E-state index contributed by atoms with van der Waals surface area (Å²) in [5.41, 5.74) is 1.07. The first-order valence-electron chi connectivity index (χ1n) is 7.25. The third-order valence-electron chi connectivity index (χ3n) is 3.87. The van der Waals surface area contributed by atoms with Crippen LogP contribution < -0.4 is 5.32 Å². The van der Waals surface area contributed by atoms with E-state index in [4.69, 9.17) is 0 Å². The molecule has 1 aromatic rings. The maximum absolute atomic E-state index is 12.6. The van der Waals surface area contributed by atoms with Gasteiger partial charge in [0.15, 0.2) is 0 Å². The van der Waals surface area contributed by atoms with Crippen LogP contribution in [0.3, 0.4) is 0 Å². The van der Waals surface area contributed by atoms with Gasteiger partial charge in [-0.25, -0.2) is 8.42 Å². The fourth-order valence-corrected chi connectivity index (χ4v) is 5.57. The van der Waals surface area contributed by atoms with Gasteiger partial charge in [-0.2, -0.15) is 4.31 Å². The van der Waals surface area contributed by atoms with E-state index < -0.39 is 10.0 Å². The lowest BCUT2D eigenvalue weighted by Crippen LogP contribution is -2.37. The monoisotopic (exact) mass is 316 g/mol. The zero-order valence-corrected chi connectivity index (χ0v) is 14.1. The van der Waals surface area contributed by atoms with Crippen LogP contribution in [0, 0.1) is 12.8 Å². The molecule has 0 aliphatic carbocycles. The van der Waals surface area contributed by atoms with Crippen LogP contribution >= 0.6 is 11.3 Å². The van der Waals surface area contributed by atoms with Crippen molar-refractivity contribution in [1.82, 2.24) is 9.62 Å². The zero-order valence-electron chi connectivity index (χ0n) is 12.5. The van der Waals surface area contributed by atoms with Crippen molar-refractivity contribution in [3.8, 4) is 0 Å². The SMILES string of the molecule is CCNCc1sc(S(=O)(=O)N2CCC(C)CC2)cc1C. The Hall–Kier alpha value is -0.430. The van der Waals surface area contributed by atoms with Crippen LogP contribution in [0.25, 0.3) is 0 Å². The standard InChI is InChI=1S/C14H24N2O2S2/c1-4-15-10-13-12(3)9-14(19-13)20(17,18)16-7-5-11(2)6-8-16/h9,11,15H,4-8,10H2,1-3H3. The largest absolute Gasteiger partial charge is 0.312 e. The van der Waals surface area contributed by atoms with Gasteiger partial charge in [0.05, 0.1) is 0 Å². The van der Waals surface area contributed by atoms with Crippen LogP contribution in [0.4, 0.5) is 0 Å². The van der Waals surface area contributed by atoms with Gasteiger partial charge in [-0.05, 0) is 43.9 Å². The van der Waals surface area contributed by atoms with Crippen LogP contribution in [-0.4, -0.2) is 32.4 Å². The van der Waals surface area contributed by atoms with Crippen molar-refractivity contribution in [3.05, 3.63) is 16.5 Å². The highest BCUT2D eigenvalue weighted by Gasteiger charge is 2.29. The number of piperidine rings is 1. The predicted octanol–water partition coefficient (Wildman–Crippen LogP) is 2.59. The summed E-state index contributed by atoms with van der Waals surface area (Å²) in [4.78, 5) is 1.12. The summed E-state index contributed by atoms with van der Waals surface area (Å²) in [6, 6.07) is 1.82. The molecule has 0 atom stereocenters. The van der Waals surface area contributed by atoms with E-state index in [0.29, 0.717) is 23.2 Å². The summed E-state index contributed by atoms with van der Waals surface area (Å²) in [5.74, 6) is 0.635. The van der Waals surface area contributed by atoms with E-state index in [0.717, 1.165) is 36.4 Å². The van der Waals surface area contributed by atoms with Gasteiger partial charge in [0.25, 0.3) is 10.0 Å². The number of thiophene rings is 1. The molecule has 2 heterocycles. The molecule has 0 radical (unpaired) electrons. The molecule has 0 amide bonds. The molecule has 0 saturated carbocycles. The Morgan fingerprint density at radius 2 is 2.05 bits per heavy atom. The summed E-state index contributed by atoms with van der Waals surface area (Å²) in [5, 5.41) is 3.26. The maximum atomic E-state index is 12.6. The Morgan fingerprint density at radius 3 is 2.65 bits per heavy atom. The molecule has 114 valence electrons. The molecule has 1 saturated heterocycles. The average molecular weight is 316 g/mol. The third-order valence-corrected chi connectivity index (χ3v) is 7.46. The Bertz CT molecular complexity index is 544.